The van der Waals surface area contributed by atoms with E-state index < -0.39 is 15.1 Å². The summed E-state index contributed by atoms with van der Waals surface area (Å²) in [6.07, 6.45) is 1.89. The fraction of sp³-hybridized carbons (Fsp3) is 0.333. The Morgan fingerprint density at radius 2 is 1.68 bits per heavy atom. The van der Waals surface area contributed by atoms with Crippen LogP contribution in [0.5, 0.6) is 0 Å². The molecule has 1 fully saturated rings. The van der Waals surface area contributed by atoms with Crippen molar-refractivity contribution in [1.29, 1.82) is 0 Å². The van der Waals surface area contributed by atoms with E-state index in [4.69, 9.17) is 0 Å². The molecule has 31 heavy (non-hydrogen) atoms. The summed E-state index contributed by atoms with van der Waals surface area (Å²) >= 11 is 0. The molecular formula is C24H27N3O3S. The lowest BCUT2D eigenvalue weighted by atomic mass is 9.89. The van der Waals surface area contributed by atoms with Gasteiger partial charge in [0.1, 0.15) is 5.69 Å². The molecule has 1 aliphatic heterocycles. The summed E-state index contributed by atoms with van der Waals surface area (Å²) in [4.78, 5) is 15.1. The normalized spacial score (nSPS) is 15.4. The van der Waals surface area contributed by atoms with Crippen LogP contribution in [0.1, 0.15) is 48.7 Å². The lowest BCUT2D eigenvalue weighted by Crippen LogP contribution is -2.38. The predicted molar refractivity (Wildman–Crippen MR) is 121 cm³/mol. The Hall–Kier alpha value is -2.93. The van der Waals surface area contributed by atoms with Crippen molar-refractivity contribution in [3.8, 4) is 11.3 Å². The summed E-state index contributed by atoms with van der Waals surface area (Å²) in [5, 5.41) is 6.64. The second-order valence-corrected chi connectivity index (χ2v) is 10.8. The zero-order valence-corrected chi connectivity index (χ0v) is 18.6. The number of piperidine rings is 1. The smallest absolute Gasteiger partial charge is 0.271 e. The van der Waals surface area contributed by atoms with E-state index >= 15 is 0 Å². The molecule has 2 aromatic carbocycles. The van der Waals surface area contributed by atoms with Gasteiger partial charge in [-0.1, -0.05) is 42.5 Å². The molecule has 1 aromatic heterocycles. The van der Waals surface area contributed by atoms with Crippen molar-refractivity contribution >= 4 is 15.7 Å². The summed E-state index contributed by atoms with van der Waals surface area (Å²) in [5.74, 6) is 0.437. The number of carbonyl (C=O) groups excluding carboxylic acids is 1. The van der Waals surface area contributed by atoms with Gasteiger partial charge in [0.15, 0.2) is 9.84 Å². The Bertz CT molecular complexity index is 1140. The van der Waals surface area contributed by atoms with Crippen molar-refractivity contribution in [3.05, 3.63) is 71.9 Å². The Labute approximate surface area is 183 Å². The van der Waals surface area contributed by atoms with Crippen LogP contribution in [-0.2, 0) is 9.84 Å². The Morgan fingerprint density at radius 1 is 1.03 bits per heavy atom. The molecule has 0 saturated carbocycles. The van der Waals surface area contributed by atoms with Crippen LogP contribution in [0.4, 0.5) is 0 Å². The highest BCUT2D eigenvalue weighted by Gasteiger charge is 2.26. The maximum atomic E-state index is 12.9. The van der Waals surface area contributed by atoms with Crippen LogP contribution in [0.2, 0.25) is 0 Å². The Morgan fingerprint density at radius 3 is 2.29 bits per heavy atom. The molecule has 3 aromatic rings. The molecule has 1 aliphatic rings. The summed E-state index contributed by atoms with van der Waals surface area (Å²) in [6, 6.07) is 18.8. The van der Waals surface area contributed by atoms with E-state index in [0.717, 1.165) is 18.4 Å². The van der Waals surface area contributed by atoms with Crippen LogP contribution in [0.25, 0.3) is 11.3 Å². The minimum Gasteiger partial charge on any atom is -0.337 e. The Kier molecular flexibility index (Phi) is 5.96. The maximum absolute atomic E-state index is 12.9. The summed E-state index contributed by atoms with van der Waals surface area (Å²) in [7, 11) is -3.31. The third-order valence-electron chi connectivity index (χ3n) is 5.96. The van der Waals surface area contributed by atoms with E-state index in [9.17, 15) is 13.2 Å². The molecule has 1 saturated heterocycles. The van der Waals surface area contributed by atoms with E-state index in [1.54, 1.807) is 44.2 Å². The molecule has 0 aliphatic carbocycles. The first-order valence-electron chi connectivity index (χ1n) is 10.6. The summed E-state index contributed by atoms with van der Waals surface area (Å²) in [6.45, 7) is 4.76. The number of hydrogen-bond donors (Lipinski definition) is 1. The van der Waals surface area contributed by atoms with Crippen molar-refractivity contribution in [1.82, 2.24) is 15.1 Å². The van der Waals surface area contributed by atoms with Crippen molar-refractivity contribution in [2.75, 3.05) is 13.1 Å². The molecule has 2 heterocycles. The third kappa shape index (κ3) is 4.42. The number of likely N-dealkylation sites (tertiary alicyclic amines) is 1. The highest BCUT2D eigenvalue weighted by Crippen LogP contribution is 2.29. The van der Waals surface area contributed by atoms with Gasteiger partial charge < -0.3 is 4.90 Å². The highest BCUT2D eigenvalue weighted by molar-refractivity contribution is 7.92. The number of nitrogens with zero attached hydrogens (tertiary/aromatic N) is 2. The lowest BCUT2D eigenvalue weighted by molar-refractivity contribution is 0.0707. The number of sulfone groups is 1. The molecule has 162 valence electrons. The number of nitrogens with one attached hydrogen (secondary N) is 1. The zero-order chi connectivity index (χ0) is 22.0. The van der Waals surface area contributed by atoms with Gasteiger partial charge in [0.25, 0.3) is 5.91 Å². The number of amides is 1. The van der Waals surface area contributed by atoms with Crippen LogP contribution in [0.15, 0.2) is 65.6 Å². The van der Waals surface area contributed by atoms with E-state index in [2.05, 4.69) is 34.5 Å². The number of rotatable bonds is 5. The van der Waals surface area contributed by atoms with Gasteiger partial charge in [0.2, 0.25) is 0 Å². The van der Waals surface area contributed by atoms with Crippen molar-refractivity contribution < 1.29 is 13.2 Å². The topological polar surface area (TPSA) is 83.1 Å². The molecule has 1 amide bonds. The largest absolute Gasteiger partial charge is 0.337 e. The third-order valence-corrected chi connectivity index (χ3v) is 8.13. The number of aromatic nitrogens is 2. The number of aromatic amines is 1. The molecule has 0 unspecified atom stereocenters. The van der Waals surface area contributed by atoms with Crippen LogP contribution >= 0.6 is 0 Å². The molecule has 4 rings (SSSR count). The second kappa shape index (κ2) is 8.67. The van der Waals surface area contributed by atoms with Gasteiger partial charge >= 0.3 is 0 Å². The number of carbonyl (C=O) groups is 1. The van der Waals surface area contributed by atoms with Gasteiger partial charge in [-0.05, 0) is 56.4 Å². The monoisotopic (exact) mass is 437 g/mol. The number of H-pyrrole nitrogens is 1. The summed E-state index contributed by atoms with van der Waals surface area (Å²) in [5.41, 5.74) is 3.17. The van der Waals surface area contributed by atoms with E-state index in [-0.39, 0.29) is 5.91 Å². The van der Waals surface area contributed by atoms with Gasteiger partial charge in [-0.25, -0.2) is 8.42 Å². The molecule has 1 N–H and O–H groups in total. The fourth-order valence-corrected chi connectivity index (χ4v) is 5.04. The molecule has 0 atom stereocenters. The van der Waals surface area contributed by atoms with Crippen molar-refractivity contribution in [2.24, 2.45) is 0 Å². The summed E-state index contributed by atoms with van der Waals surface area (Å²) < 4.78 is 24.6. The minimum atomic E-state index is -3.31. The molecule has 0 bridgehead atoms. The quantitative estimate of drug-likeness (QED) is 0.646. The van der Waals surface area contributed by atoms with Crippen LogP contribution < -0.4 is 0 Å². The highest BCUT2D eigenvalue weighted by atomic mass is 32.2. The second-order valence-electron chi connectivity index (χ2n) is 8.26. The minimum absolute atomic E-state index is 0.0516. The SMILES string of the molecule is CC(C)S(=O)(=O)c1ccc(-c2cc(C(=O)N3CCC(c4ccccc4)CC3)[nH]n2)cc1. The maximum Gasteiger partial charge on any atom is 0.271 e. The van der Waals surface area contributed by atoms with Gasteiger partial charge in [0.05, 0.1) is 15.8 Å². The average Bonchev–Trinajstić information content (AvgIpc) is 3.29. The Balaban J connectivity index is 1.42. The lowest BCUT2D eigenvalue weighted by Gasteiger charge is -2.31. The van der Waals surface area contributed by atoms with E-state index in [0.29, 0.717) is 35.3 Å². The van der Waals surface area contributed by atoms with Crippen LogP contribution in [0.3, 0.4) is 0 Å². The first kappa shape index (κ1) is 21.3. The first-order chi connectivity index (χ1) is 14.9. The standard InChI is InChI=1S/C24H27N3O3S/c1-17(2)31(29,30)21-10-8-20(9-11-21)22-16-23(26-25-22)24(28)27-14-12-19(13-15-27)18-6-4-3-5-7-18/h3-11,16-17,19H,12-15H2,1-2H3,(H,25,26). The van der Waals surface area contributed by atoms with Gasteiger partial charge in [-0.2, -0.15) is 5.10 Å². The van der Waals surface area contributed by atoms with Gasteiger partial charge in [0, 0.05) is 18.7 Å². The van der Waals surface area contributed by atoms with Gasteiger partial charge in [-0.3, -0.25) is 9.89 Å². The molecule has 6 nitrogen and oxygen atoms in total. The van der Waals surface area contributed by atoms with Crippen molar-refractivity contribution in [2.45, 2.75) is 42.8 Å². The molecular weight excluding hydrogens is 410 g/mol. The van der Waals surface area contributed by atoms with Gasteiger partial charge in [-0.15, -0.1) is 0 Å². The molecule has 0 spiro atoms. The number of benzene rings is 2. The first-order valence-corrected chi connectivity index (χ1v) is 12.1. The molecule has 0 radical (unpaired) electrons. The molecule has 7 heteroatoms. The zero-order valence-electron chi connectivity index (χ0n) is 17.8. The van der Waals surface area contributed by atoms with Crippen LogP contribution in [-0.4, -0.2) is 47.8 Å². The number of hydrogen-bond acceptors (Lipinski definition) is 4. The van der Waals surface area contributed by atoms with Crippen molar-refractivity contribution in [3.63, 3.8) is 0 Å². The van der Waals surface area contributed by atoms with E-state index in [1.807, 2.05) is 11.0 Å². The van der Waals surface area contributed by atoms with E-state index in [1.165, 1.54) is 5.56 Å². The predicted octanol–water partition coefficient (Wildman–Crippen LogP) is 4.28. The fourth-order valence-electron chi connectivity index (χ4n) is 3.98. The average molecular weight is 438 g/mol. The van der Waals surface area contributed by atoms with Crippen LogP contribution in [0, 0.1) is 0 Å².